The molecule has 9 heteroatoms. The number of carbonyl (C=O) groups is 3. The van der Waals surface area contributed by atoms with Crippen molar-refractivity contribution in [3.8, 4) is 0 Å². The molecule has 0 spiro atoms. The van der Waals surface area contributed by atoms with E-state index >= 15 is 0 Å². The summed E-state index contributed by atoms with van der Waals surface area (Å²) in [5.74, 6) is -1.70. The predicted octanol–water partition coefficient (Wildman–Crippen LogP) is 7.72. The Morgan fingerprint density at radius 2 is 1.25 bits per heavy atom. The highest BCUT2D eigenvalue weighted by Crippen LogP contribution is 2.43. The maximum atomic E-state index is 14.2. The molecule has 9 nitrogen and oxygen atoms in total. The molecule has 1 saturated heterocycles. The first-order valence-electron chi connectivity index (χ1n) is 17.5. The molecule has 6 atom stereocenters. The Labute approximate surface area is 303 Å². The maximum absolute atomic E-state index is 14.2. The molecule has 1 aliphatic heterocycles. The Balaban J connectivity index is 1.26. The van der Waals surface area contributed by atoms with E-state index in [-0.39, 0.29) is 25.9 Å². The number of nitrogens with one attached hydrogen (secondary N) is 1. The van der Waals surface area contributed by atoms with Crippen LogP contribution in [0.2, 0.25) is 0 Å². The number of amides is 1. The molecule has 5 aromatic carbocycles. The number of hydrogen-bond acceptors (Lipinski definition) is 7. The van der Waals surface area contributed by atoms with Gasteiger partial charge in [0, 0.05) is 0 Å². The lowest BCUT2D eigenvalue weighted by molar-refractivity contribution is -0.173. The van der Waals surface area contributed by atoms with Crippen LogP contribution in [0.3, 0.4) is 0 Å². The van der Waals surface area contributed by atoms with E-state index in [0.717, 1.165) is 22.3 Å². The number of carboxylic acids is 1. The van der Waals surface area contributed by atoms with Gasteiger partial charge in [0.15, 0.2) is 6.10 Å². The zero-order valence-electron chi connectivity index (χ0n) is 28.6. The topological polar surface area (TPSA) is 125 Å². The van der Waals surface area contributed by atoms with Crippen molar-refractivity contribution in [1.29, 1.82) is 0 Å². The number of morpholine rings is 1. The number of benzene rings is 5. The lowest BCUT2D eigenvalue weighted by Crippen LogP contribution is -2.54. The number of esters is 1. The quantitative estimate of drug-likeness (QED) is 0.101. The number of ether oxygens (including phenoxy) is 2. The van der Waals surface area contributed by atoms with Crippen molar-refractivity contribution >= 4 is 18.0 Å². The third kappa shape index (κ3) is 8.74. The summed E-state index contributed by atoms with van der Waals surface area (Å²) in [5.41, 5.74) is 3.65. The van der Waals surface area contributed by atoms with Crippen LogP contribution in [-0.2, 0) is 25.7 Å². The van der Waals surface area contributed by atoms with E-state index in [0.29, 0.717) is 5.56 Å². The van der Waals surface area contributed by atoms with Gasteiger partial charge in [-0.2, -0.15) is 0 Å². The highest BCUT2D eigenvalue weighted by molar-refractivity contribution is 5.83. The Bertz CT molecular complexity index is 1880. The van der Waals surface area contributed by atoms with E-state index in [1.165, 1.54) is 4.90 Å². The van der Waals surface area contributed by atoms with Crippen LogP contribution in [0.4, 0.5) is 4.79 Å². The molecule has 1 amide bonds. The molecule has 5 aromatic rings. The molecular formula is C43H42N2O7. The summed E-state index contributed by atoms with van der Waals surface area (Å²) in [7, 11) is 0. The Hall–Kier alpha value is -5.77. The van der Waals surface area contributed by atoms with E-state index in [9.17, 15) is 24.6 Å². The normalized spacial score (nSPS) is 18.8. The fourth-order valence-electron chi connectivity index (χ4n) is 6.77. The van der Waals surface area contributed by atoms with Gasteiger partial charge in [-0.25, -0.2) is 9.59 Å². The number of aliphatic carboxylic acids is 1. The Morgan fingerprint density at radius 3 is 1.83 bits per heavy atom. The number of cyclic esters (lactones) is 1. The van der Waals surface area contributed by atoms with Crippen molar-refractivity contribution < 1.29 is 34.1 Å². The second-order valence-corrected chi connectivity index (χ2v) is 12.8. The van der Waals surface area contributed by atoms with Crippen LogP contribution < -0.4 is 5.32 Å². The number of rotatable bonds is 14. The molecule has 0 aromatic heterocycles. The highest BCUT2D eigenvalue weighted by atomic mass is 16.6. The third-order valence-electron chi connectivity index (χ3n) is 9.39. The molecule has 1 heterocycles. The summed E-state index contributed by atoms with van der Waals surface area (Å²) in [6.45, 7) is 0.00504. The zero-order valence-corrected chi connectivity index (χ0v) is 28.6. The number of nitrogens with zero attached hydrogens (tertiary/aromatic N) is 1. The summed E-state index contributed by atoms with van der Waals surface area (Å²) in [6, 6.07) is 42.7. The molecule has 52 heavy (non-hydrogen) atoms. The largest absolute Gasteiger partial charge is 0.480 e. The first-order valence-corrected chi connectivity index (χ1v) is 17.5. The van der Waals surface area contributed by atoms with Crippen LogP contribution in [0.15, 0.2) is 152 Å². The molecule has 1 fully saturated rings. The molecule has 0 aliphatic carbocycles. The Morgan fingerprint density at radius 1 is 0.731 bits per heavy atom. The van der Waals surface area contributed by atoms with E-state index in [4.69, 9.17) is 9.47 Å². The fraction of sp³-hybridized carbons (Fsp3) is 0.233. The van der Waals surface area contributed by atoms with Crippen LogP contribution >= 0.6 is 0 Å². The van der Waals surface area contributed by atoms with Gasteiger partial charge in [-0.05, 0) is 47.1 Å². The van der Waals surface area contributed by atoms with Crippen molar-refractivity contribution in [2.24, 2.45) is 0 Å². The lowest BCUT2D eigenvalue weighted by Gasteiger charge is -2.44. The number of aliphatic hydroxyl groups excluding tert-OH is 1. The molecule has 0 bridgehead atoms. The number of carboxylic acid groups (broad SMARTS) is 1. The molecule has 3 N–H and O–H groups in total. The van der Waals surface area contributed by atoms with Crippen LogP contribution in [0.1, 0.15) is 71.4 Å². The van der Waals surface area contributed by atoms with E-state index < -0.39 is 54.4 Å². The molecule has 6 rings (SSSR count). The lowest BCUT2D eigenvalue weighted by atomic mass is 9.90. The average molecular weight is 699 g/mol. The van der Waals surface area contributed by atoms with Crippen molar-refractivity contribution in [1.82, 2.24) is 10.2 Å². The van der Waals surface area contributed by atoms with E-state index in [2.05, 4.69) is 5.32 Å². The van der Waals surface area contributed by atoms with Gasteiger partial charge in [-0.15, -0.1) is 0 Å². The second-order valence-electron chi connectivity index (χ2n) is 12.8. The van der Waals surface area contributed by atoms with Gasteiger partial charge in [0.2, 0.25) is 0 Å². The van der Waals surface area contributed by atoms with Crippen LogP contribution in [0.5, 0.6) is 0 Å². The van der Waals surface area contributed by atoms with Crippen LogP contribution in [0, 0.1) is 0 Å². The number of carbonyl (C=O) groups excluding carboxylic acids is 2. The minimum absolute atomic E-state index is 0.00504. The fourth-order valence-corrected chi connectivity index (χ4v) is 6.77. The Kier molecular flexibility index (Phi) is 12.1. The van der Waals surface area contributed by atoms with Gasteiger partial charge in [0.25, 0.3) is 0 Å². The SMILES string of the molecule is O=C(O)C(CCCC1C(=O)OC(c2ccccc2)C(c2ccccc2)N1C(=O)OCc1ccccc1)NC(c1ccccc1)C(O)c1ccccc1. The standard InChI is InChI=1S/C43H42N2O7/c46-39(33-23-12-4-13-24-33)37(31-19-8-2-9-20-31)44-35(41(47)48)27-16-28-36-42(49)52-40(34-25-14-5-15-26-34)38(32-21-10-3-11-22-32)45(36)43(50)51-29-30-17-6-1-7-18-30/h1-15,17-26,35-40,44,46H,16,27-29H2,(H,47,48). The summed E-state index contributed by atoms with van der Waals surface area (Å²) < 4.78 is 12.0. The molecule has 0 saturated carbocycles. The van der Waals surface area contributed by atoms with Gasteiger partial charge < -0.3 is 19.7 Å². The van der Waals surface area contributed by atoms with Crippen molar-refractivity contribution in [3.63, 3.8) is 0 Å². The van der Waals surface area contributed by atoms with Crippen LogP contribution in [-0.4, -0.2) is 45.2 Å². The summed E-state index contributed by atoms with van der Waals surface area (Å²) in [5, 5.41) is 25.0. The summed E-state index contributed by atoms with van der Waals surface area (Å²) >= 11 is 0. The summed E-state index contributed by atoms with van der Waals surface area (Å²) in [6.07, 6.45) is -2.05. The van der Waals surface area contributed by atoms with E-state index in [1.54, 1.807) is 12.1 Å². The smallest absolute Gasteiger partial charge is 0.411 e. The van der Waals surface area contributed by atoms with E-state index in [1.807, 2.05) is 140 Å². The number of aliphatic hydroxyl groups is 1. The van der Waals surface area contributed by atoms with Gasteiger partial charge in [0.05, 0.1) is 12.1 Å². The second kappa shape index (κ2) is 17.4. The zero-order chi connectivity index (χ0) is 36.3. The minimum atomic E-state index is -1.10. The predicted molar refractivity (Wildman–Crippen MR) is 196 cm³/mol. The monoisotopic (exact) mass is 698 g/mol. The average Bonchev–Trinajstić information content (AvgIpc) is 3.19. The highest BCUT2D eigenvalue weighted by Gasteiger charge is 2.48. The first-order chi connectivity index (χ1) is 25.4. The third-order valence-corrected chi connectivity index (χ3v) is 9.39. The molecule has 0 radical (unpaired) electrons. The van der Waals surface area contributed by atoms with Gasteiger partial charge in [-0.1, -0.05) is 152 Å². The molecule has 266 valence electrons. The summed E-state index contributed by atoms with van der Waals surface area (Å²) in [4.78, 5) is 42.2. The molecule has 6 unspecified atom stereocenters. The van der Waals surface area contributed by atoms with Gasteiger partial charge in [0.1, 0.15) is 24.7 Å². The maximum Gasteiger partial charge on any atom is 0.411 e. The minimum Gasteiger partial charge on any atom is -0.480 e. The van der Waals surface area contributed by atoms with Gasteiger partial charge in [-0.3, -0.25) is 15.0 Å². The first kappa shape index (κ1) is 36.0. The van der Waals surface area contributed by atoms with Crippen molar-refractivity contribution in [2.45, 2.75) is 62.2 Å². The van der Waals surface area contributed by atoms with Crippen molar-refractivity contribution in [3.05, 3.63) is 179 Å². The van der Waals surface area contributed by atoms with Crippen LogP contribution in [0.25, 0.3) is 0 Å². The van der Waals surface area contributed by atoms with Crippen molar-refractivity contribution in [2.75, 3.05) is 0 Å². The molecular weight excluding hydrogens is 656 g/mol. The number of hydrogen-bond donors (Lipinski definition) is 3. The van der Waals surface area contributed by atoms with Gasteiger partial charge >= 0.3 is 18.0 Å². The molecule has 1 aliphatic rings.